The number of amides is 1. The van der Waals surface area contributed by atoms with Crippen LogP contribution < -0.4 is 5.32 Å². The number of hydrogen-bond acceptors (Lipinski definition) is 4. The van der Waals surface area contributed by atoms with Crippen molar-refractivity contribution in [2.24, 2.45) is 0 Å². The van der Waals surface area contributed by atoms with Gasteiger partial charge < -0.3 is 10.1 Å². The third-order valence-corrected chi connectivity index (χ3v) is 2.59. The van der Waals surface area contributed by atoms with Crippen molar-refractivity contribution in [1.82, 2.24) is 0 Å². The molecule has 1 amide bonds. The zero-order valence-corrected chi connectivity index (χ0v) is 9.73. The van der Waals surface area contributed by atoms with Crippen LogP contribution >= 0.6 is 0 Å². The van der Waals surface area contributed by atoms with E-state index in [4.69, 9.17) is 0 Å². The molecule has 18 heavy (non-hydrogen) atoms. The molecule has 2 rings (SSSR count). The first-order valence-electron chi connectivity index (χ1n) is 5.33. The monoisotopic (exact) mass is 245 g/mol. The molecule has 0 aliphatic carbocycles. The minimum atomic E-state index is -0.582. The average Bonchev–Trinajstić information content (AvgIpc) is 2.74. The highest BCUT2D eigenvalue weighted by Crippen LogP contribution is 2.24. The van der Waals surface area contributed by atoms with E-state index in [0.29, 0.717) is 5.56 Å². The van der Waals surface area contributed by atoms with E-state index in [1.165, 1.54) is 7.11 Å². The number of methoxy groups -OCH3 is 1. The van der Waals surface area contributed by atoms with Gasteiger partial charge in [0.15, 0.2) is 5.78 Å². The number of carbonyl (C=O) groups is 3. The van der Waals surface area contributed by atoms with Crippen LogP contribution in [0, 0.1) is 0 Å². The van der Waals surface area contributed by atoms with E-state index in [2.05, 4.69) is 10.1 Å². The van der Waals surface area contributed by atoms with Crippen molar-refractivity contribution < 1.29 is 19.1 Å². The van der Waals surface area contributed by atoms with Gasteiger partial charge in [-0.1, -0.05) is 0 Å². The average molecular weight is 245 g/mol. The summed E-state index contributed by atoms with van der Waals surface area (Å²) in [7, 11) is 1.24. The summed E-state index contributed by atoms with van der Waals surface area (Å²) in [4.78, 5) is 33.8. The lowest BCUT2D eigenvalue weighted by Crippen LogP contribution is -2.03. The Hall–Kier alpha value is -2.43. The number of nitrogens with one attached hydrogen (secondary N) is 1. The second kappa shape index (κ2) is 4.83. The molecule has 92 valence electrons. The standard InChI is InChI=1S/C13H11NO4/c1-18-13(17)5-4-11(15)8-2-3-10-9(6-8)7-12(16)14-10/h2-6H,7H2,1H3,(H,14,16)/b5-4+. The van der Waals surface area contributed by atoms with Gasteiger partial charge in [0.2, 0.25) is 5.91 Å². The summed E-state index contributed by atoms with van der Waals surface area (Å²) >= 11 is 0. The van der Waals surface area contributed by atoms with E-state index in [0.717, 1.165) is 23.4 Å². The van der Waals surface area contributed by atoms with Crippen LogP contribution in [0.1, 0.15) is 15.9 Å². The summed E-state index contributed by atoms with van der Waals surface area (Å²) in [5.74, 6) is -0.969. The van der Waals surface area contributed by atoms with Crippen molar-refractivity contribution >= 4 is 23.3 Å². The van der Waals surface area contributed by atoms with Crippen LogP contribution in [0.2, 0.25) is 0 Å². The minimum absolute atomic E-state index is 0.0836. The minimum Gasteiger partial charge on any atom is -0.466 e. The molecule has 1 aromatic carbocycles. The van der Waals surface area contributed by atoms with Crippen LogP contribution in [0.25, 0.3) is 0 Å². The number of rotatable bonds is 3. The van der Waals surface area contributed by atoms with Crippen molar-refractivity contribution in [2.45, 2.75) is 6.42 Å². The number of anilines is 1. The van der Waals surface area contributed by atoms with Crippen LogP contribution in [0.5, 0.6) is 0 Å². The molecule has 1 heterocycles. The van der Waals surface area contributed by atoms with E-state index >= 15 is 0 Å². The van der Waals surface area contributed by atoms with Crippen LogP contribution in [-0.2, 0) is 20.7 Å². The van der Waals surface area contributed by atoms with Gasteiger partial charge in [0, 0.05) is 17.3 Å². The van der Waals surface area contributed by atoms with Crippen molar-refractivity contribution in [2.75, 3.05) is 12.4 Å². The van der Waals surface area contributed by atoms with E-state index in [-0.39, 0.29) is 18.1 Å². The van der Waals surface area contributed by atoms with Gasteiger partial charge in [-0.3, -0.25) is 9.59 Å². The maximum absolute atomic E-state index is 11.7. The molecule has 0 unspecified atom stereocenters. The van der Waals surface area contributed by atoms with Gasteiger partial charge in [-0.25, -0.2) is 4.79 Å². The number of hydrogen-bond donors (Lipinski definition) is 1. The maximum atomic E-state index is 11.7. The molecule has 0 bridgehead atoms. The number of ether oxygens (including phenoxy) is 1. The molecule has 1 aliphatic heterocycles. The second-order valence-corrected chi connectivity index (χ2v) is 3.82. The smallest absolute Gasteiger partial charge is 0.330 e. The molecule has 0 fully saturated rings. The first kappa shape index (κ1) is 12.0. The molecule has 1 aromatic rings. The van der Waals surface area contributed by atoms with Crippen LogP contribution in [0.3, 0.4) is 0 Å². The maximum Gasteiger partial charge on any atom is 0.330 e. The van der Waals surface area contributed by atoms with Crippen LogP contribution in [0.15, 0.2) is 30.4 Å². The third-order valence-electron chi connectivity index (χ3n) is 2.59. The van der Waals surface area contributed by atoms with E-state index in [9.17, 15) is 14.4 Å². The third kappa shape index (κ3) is 2.45. The molecular weight excluding hydrogens is 234 g/mol. The molecule has 1 aliphatic rings. The SMILES string of the molecule is COC(=O)/C=C/C(=O)c1ccc2c(c1)CC(=O)N2. The van der Waals surface area contributed by atoms with Gasteiger partial charge in [-0.05, 0) is 29.8 Å². The lowest BCUT2D eigenvalue weighted by Gasteiger charge is -2.00. The van der Waals surface area contributed by atoms with Gasteiger partial charge in [0.05, 0.1) is 13.5 Å². The summed E-state index contributed by atoms with van der Waals surface area (Å²) in [6, 6.07) is 4.94. The quantitative estimate of drug-likeness (QED) is 0.491. The van der Waals surface area contributed by atoms with Crippen LogP contribution in [-0.4, -0.2) is 24.8 Å². The molecule has 0 radical (unpaired) electrons. The van der Waals surface area contributed by atoms with E-state index in [1.54, 1.807) is 18.2 Å². The van der Waals surface area contributed by atoms with Gasteiger partial charge >= 0.3 is 5.97 Å². The predicted octanol–water partition coefficient (Wildman–Crippen LogP) is 1.09. The van der Waals surface area contributed by atoms with Gasteiger partial charge in [0.1, 0.15) is 0 Å². The molecule has 0 spiro atoms. The Morgan fingerprint density at radius 2 is 2.11 bits per heavy atom. The normalized spacial score (nSPS) is 13.3. The summed E-state index contributed by atoms with van der Waals surface area (Å²) in [6.45, 7) is 0. The summed E-state index contributed by atoms with van der Waals surface area (Å²) in [5.41, 5.74) is 1.95. The van der Waals surface area contributed by atoms with Gasteiger partial charge in [0.25, 0.3) is 0 Å². The van der Waals surface area contributed by atoms with Gasteiger partial charge in [-0.2, -0.15) is 0 Å². The fourth-order valence-electron chi connectivity index (χ4n) is 1.69. The molecule has 5 heteroatoms. The largest absolute Gasteiger partial charge is 0.466 e. The molecule has 0 saturated carbocycles. The number of carbonyl (C=O) groups excluding carboxylic acids is 3. The van der Waals surface area contributed by atoms with Crippen molar-refractivity contribution in [3.05, 3.63) is 41.5 Å². The molecule has 0 saturated heterocycles. The lowest BCUT2D eigenvalue weighted by atomic mass is 10.0. The molecule has 0 aromatic heterocycles. The highest BCUT2D eigenvalue weighted by Gasteiger charge is 2.18. The number of esters is 1. The Balaban J connectivity index is 2.18. The van der Waals surface area contributed by atoms with Crippen molar-refractivity contribution in [3.63, 3.8) is 0 Å². The summed E-state index contributed by atoms with van der Waals surface area (Å²) < 4.78 is 4.39. The molecule has 0 atom stereocenters. The fourth-order valence-corrected chi connectivity index (χ4v) is 1.69. The number of fused-ring (bicyclic) bond motifs is 1. The van der Waals surface area contributed by atoms with Crippen LogP contribution in [0.4, 0.5) is 5.69 Å². The van der Waals surface area contributed by atoms with E-state index in [1.807, 2.05) is 0 Å². The Kier molecular flexibility index (Phi) is 3.23. The Morgan fingerprint density at radius 1 is 1.33 bits per heavy atom. The first-order valence-corrected chi connectivity index (χ1v) is 5.33. The topological polar surface area (TPSA) is 72.5 Å². The number of allylic oxidation sites excluding steroid dienone is 1. The predicted molar refractivity (Wildman–Crippen MR) is 64.3 cm³/mol. The Labute approximate surface area is 103 Å². The highest BCUT2D eigenvalue weighted by molar-refractivity contribution is 6.08. The summed E-state index contributed by atoms with van der Waals surface area (Å²) in [5, 5.41) is 2.68. The molecule has 5 nitrogen and oxygen atoms in total. The molecule has 1 N–H and O–H groups in total. The highest BCUT2D eigenvalue weighted by atomic mass is 16.5. The summed E-state index contributed by atoms with van der Waals surface area (Å²) in [6.07, 6.45) is 2.49. The lowest BCUT2D eigenvalue weighted by molar-refractivity contribution is -0.134. The van der Waals surface area contributed by atoms with E-state index < -0.39 is 5.97 Å². The zero-order valence-electron chi connectivity index (χ0n) is 9.73. The number of ketones is 1. The van der Waals surface area contributed by atoms with Crippen molar-refractivity contribution in [1.29, 1.82) is 0 Å². The Bertz CT molecular complexity index is 560. The van der Waals surface area contributed by atoms with Crippen molar-refractivity contribution in [3.8, 4) is 0 Å². The molecular formula is C13H11NO4. The van der Waals surface area contributed by atoms with Gasteiger partial charge in [-0.15, -0.1) is 0 Å². The first-order chi connectivity index (χ1) is 8.60. The number of benzene rings is 1. The Morgan fingerprint density at radius 3 is 2.83 bits per heavy atom. The zero-order chi connectivity index (χ0) is 13.1. The second-order valence-electron chi connectivity index (χ2n) is 3.82. The fraction of sp³-hybridized carbons (Fsp3) is 0.154.